The summed E-state index contributed by atoms with van der Waals surface area (Å²) in [5.41, 5.74) is 6.98. The van der Waals surface area contributed by atoms with Gasteiger partial charge in [-0.1, -0.05) is 0 Å². The van der Waals surface area contributed by atoms with Crippen molar-refractivity contribution in [2.24, 2.45) is 23.2 Å². The minimum Gasteiger partial charge on any atom is -0.397 e. The minimum atomic E-state index is 0.482. The zero-order valence-corrected chi connectivity index (χ0v) is 13.4. The number of nitriles is 1. The third-order valence-corrected chi connectivity index (χ3v) is 7.21. The summed E-state index contributed by atoms with van der Waals surface area (Å²) in [6, 6.07) is 4.59. The fourth-order valence-corrected chi connectivity index (χ4v) is 6.50. The number of hydrogen-bond acceptors (Lipinski definition) is 4. The van der Waals surface area contributed by atoms with E-state index < -0.39 is 0 Å². The second kappa shape index (κ2) is 4.64. The van der Waals surface area contributed by atoms with Crippen LogP contribution in [0.4, 0.5) is 10.7 Å². The lowest BCUT2D eigenvalue weighted by molar-refractivity contribution is -0.0602. The molecule has 1 atom stereocenters. The van der Waals surface area contributed by atoms with Crippen LogP contribution in [0.2, 0.25) is 0 Å². The van der Waals surface area contributed by atoms with Crippen LogP contribution in [0.3, 0.4) is 0 Å². The molecule has 112 valence electrons. The van der Waals surface area contributed by atoms with Crippen molar-refractivity contribution in [2.45, 2.75) is 51.5 Å². The lowest BCUT2D eigenvalue weighted by atomic mass is 9.48. The number of thiophene rings is 1. The van der Waals surface area contributed by atoms with E-state index in [-0.39, 0.29) is 0 Å². The molecular weight excluding hydrogens is 278 g/mol. The van der Waals surface area contributed by atoms with Crippen LogP contribution in [0.25, 0.3) is 0 Å². The van der Waals surface area contributed by atoms with Gasteiger partial charge in [-0.25, -0.2) is 0 Å². The highest BCUT2D eigenvalue weighted by Crippen LogP contribution is 2.61. The molecular formula is C17H23N3S. The van der Waals surface area contributed by atoms with E-state index in [9.17, 15) is 0 Å². The Morgan fingerprint density at radius 3 is 2.33 bits per heavy atom. The number of nitrogens with one attached hydrogen (secondary N) is 1. The Bertz CT molecular complexity index is 562. The van der Waals surface area contributed by atoms with Crippen LogP contribution >= 0.6 is 11.3 Å². The van der Waals surface area contributed by atoms with Gasteiger partial charge in [0.1, 0.15) is 10.9 Å². The monoisotopic (exact) mass is 301 g/mol. The second-order valence-electron chi connectivity index (χ2n) is 7.65. The van der Waals surface area contributed by atoms with Crippen LogP contribution in [-0.2, 0) is 0 Å². The number of nitrogens with zero attached hydrogens (tertiary/aromatic N) is 1. The smallest absolute Gasteiger partial charge is 0.129 e. The summed E-state index contributed by atoms with van der Waals surface area (Å²) in [4.78, 5) is 0.634. The van der Waals surface area contributed by atoms with E-state index in [0.717, 1.165) is 22.8 Å². The summed E-state index contributed by atoms with van der Waals surface area (Å²) >= 11 is 1.49. The van der Waals surface area contributed by atoms with Gasteiger partial charge in [0.2, 0.25) is 0 Å². The van der Waals surface area contributed by atoms with Crippen molar-refractivity contribution in [1.29, 1.82) is 5.26 Å². The Hall–Kier alpha value is -1.21. The van der Waals surface area contributed by atoms with Gasteiger partial charge in [0, 0.05) is 6.04 Å². The predicted molar refractivity (Wildman–Crippen MR) is 87.1 cm³/mol. The zero-order valence-electron chi connectivity index (χ0n) is 12.6. The van der Waals surface area contributed by atoms with Crippen LogP contribution in [0, 0.1) is 34.5 Å². The normalized spacial score (nSPS) is 38.2. The molecule has 1 aromatic heterocycles. The number of anilines is 2. The maximum Gasteiger partial charge on any atom is 0.129 e. The molecule has 0 spiro atoms. The maximum absolute atomic E-state index is 9.05. The largest absolute Gasteiger partial charge is 0.397 e. The van der Waals surface area contributed by atoms with Gasteiger partial charge in [-0.2, -0.15) is 5.26 Å². The standard InChI is InChI=1S/C17H23N3S/c1-10(20-16-5-14(19)15(9-18)21-16)17-6-11-2-12(7-17)4-13(3-11)8-17/h5,10-13,20H,2-4,6-8,19H2,1H3. The first-order valence-electron chi connectivity index (χ1n) is 8.14. The molecule has 4 aliphatic rings. The van der Waals surface area contributed by atoms with Gasteiger partial charge >= 0.3 is 0 Å². The van der Waals surface area contributed by atoms with E-state index in [1.54, 1.807) is 0 Å². The number of nitrogen functional groups attached to an aromatic ring is 1. The van der Waals surface area contributed by atoms with Crippen LogP contribution in [-0.4, -0.2) is 6.04 Å². The van der Waals surface area contributed by atoms with Crippen LogP contribution in [0.15, 0.2) is 6.07 Å². The third kappa shape index (κ3) is 2.14. The quantitative estimate of drug-likeness (QED) is 0.878. The van der Waals surface area contributed by atoms with Crippen molar-refractivity contribution in [1.82, 2.24) is 0 Å². The summed E-state index contributed by atoms with van der Waals surface area (Å²) in [5, 5.41) is 13.8. The Labute approximate surface area is 130 Å². The Balaban J connectivity index is 1.54. The van der Waals surface area contributed by atoms with E-state index in [2.05, 4.69) is 18.3 Å². The first-order chi connectivity index (χ1) is 10.1. The van der Waals surface area contributed by atoms with Crippen molar-refractivity contribution < 1.29 is 0 Å². The summed E-state index contributed by atoms with van der Waals surface area (Å²) in [6.45, 7) is 2.34. The van der Waals surface area contributed by atoms with Crippen molar-refractivity contribution >= 4 is 22.0 Å². The summed E-state index contributed by atoms with van der Waals surface area (Å²) in [5.74, 6) is 2.93. The average molecular weight is 301 g/mol. The molecule has 0 amide bonds. The van der Waals surface area contributed by atoms with Gasteiger partial charge in [-0.15, -0.1) is 11.3 Å². The Kier molecular flexibility index (Phi) is 2.97. The highest BCUT2D eigenvalue weighted by molar-refractivity contribution is 7.17. The Morgan fingerprint density at radius 1 is 1.29 bits per heavy atom. The van der Waals surface area contributed by atoms with Gasteiger partial charge in [0.25, 0.3) is 0 Å². The number of nitrogens with two attached hydrogens (primary N) is 1. The molecule has 5 rings (SSSR count). The summed E-state index contributed by atoms with van der Waals surface area (Å²) in [7, 11) is 0. The molecule has 1 aromatic rings. The van der Waals surface area contributed by atoms with Gasteiger partial charge in [-0.05, 0) is 74.7 Å². The SMILES string of the molecule is CC(Nc1cc(N)c(C#N)s1)C12CC3CC(CC(C3)C1)C2. The van der Waals surface area contributed by atoms with Crippen LogP contribution < -0.4 is 11.1 Å². The first kappa shape index (κ1) is 13.5. The van der Waals surface area contributed by atoms with Crippen molar-refractivity contribution in [2.75, 3.05) is 11.1 Å². The predicted octanol–water partition coefficient (Wildman–Crippen LogP) is 4.22. The van der Waals surface area contributed by atoms with Crippen molar-refractivity contribution in [3.8, 4) is 6.07 Å². The van der Waals surface area contributed by atoms with E-state index in [1.807, 2.05) is 6.07 Å². The second-order valence-corrected chi connectivity index (χ2v) is 8.71. The molecule has 21 heavy (non-hydrogen) atoms. The maximum atomic E-state index is 9.05. The summed E-state index contributed by atoms with van der Waals surface area (Å²) in [6.07, 6.45) is 8.65. The topological polar surface area (TPSA) is 61.8 Å². The summed E-state index contributed by atoms with van der Waals surface area (Å²) < 4.78 is 0. The number of hydrogen-bond donors (Lipinski definition) is 2. The van der Waals surface area contributed by atoms with Crippen molar-refractivity contribution in [3.05, 3.63) is 10.9 Å². The molecule has 4 bridgehead atoms. The molecule has 0 saturated heterocycles. The lowest BCUT2D eigenvalue weighted by Gasteiger charge is -2.59. The third-order valence-electron chi connectivity index (χ3n) is 6.23. The highest BCUT2D eigenvalue weighted by atomic mass is 32.1. The molecule has 3 nitrogen and oxygen atoms in total. The minimum absolute atomic E-state index is 0.482. The molecule has 3 N–H and O–H groups in total. The van der Waals surface area contributed by atoms with Gasteiger partial charge in [0.05, 0.1) is 10.7 Å². The molecule has 4 heteroatoms. The highest BCUT2D eigenvalue weighted by Gasteiger charge is 2.53. The fraction of sp³-hybridized carbons (Fsp3) is 0.706. The van der Waals surface area contributed by atoms with Crippen molar-refractivity contribution in [3.63, 3.8) is 0 Å². The van der Waals surface area contributed by atoms with E-state index in [0.29, 0.717) is 22.0 Å². The molecule has 4 aliphatic carbocycles. The molecule has 0 radical (unpaired) electrons. The van der Waals surface area contributed by atoms with Crippen LogP contribution in [0.5, 0.6) is 0 Å². The number of rotatable bonds is 3. The Morgan fingerprint density at radius 2 is 1.86 bits per heavy atom. The molecule has 0 aliphatic heterocycles. The molecule has 1 heterocycles. The average Bonchev–Trinajstić information content (AvgIpc) is 2.77. The van der Waals surface area contributed by atoms with Gasteiger partial charge in [-0.3, -0.25) is 0 Å². The first-order valence-corrected chi connectivity index (χ1v) is 8.95. The zero-order chi connectivity index (χ0) is 14.6. The van der Waals surface area contributed by atoms with Gasteiger partial charge < -0.3 is 11.1 Å². The van der Waals surface area contributed by atoms with E-state index in [1.165, 1.54) is 49.9 Å². The van der Waals surface area contributed by atoms with E-state index >= 15 is 0 Å². The fourth-order valence-electron chi connectivity index (χ4n) is 5.64. The van der Waals surface area contributed by atoms with Crippen LogP contribution in [0.1, 0.15) is 50.3 Å². The molecule has 4 saturated carbocycles. The molecule has 1 unspecified atom stereocenters. The molecule has 4 fully saturated rings. The van der Waals surface area contributed by atoms with E-state index in [4.69, 9.17) is 11.0 Å². The molecule has 0 aromatic carbocycles. The lowest BCUT2D eigenvalue weighted by Crippen LogP contribution is -2.52. The van der Waals surface area contributed by atoms with Gasteiger partial charge in [0.15, 0.2) is 0 Å².